The third-order valence-electron chi connectivity index (χ3n) is 3.04. The molecule has 1 aliphatic carbocycles. The summed E-state index contributed by atoms with van der Waals surface area (Å²) in [5, 5.41) is 6.34. The van der Waals surface area contributed by atoms with Crippen molar-refractivity contribution in [1.82, 2.24) is 15.4 Å². The highest BCUT2D eigenvalue weighted by Gasteiger charge is 2.20. The molecule has 1 aliphatic rings. The van der Waals surface area contributed by atoms with Crippen molar-refractivity contribution in [3.8, 4) is 0 Å². The molecule has 0 spiro atoms. The van der Waals surface area contributed by atoms with Crippen molar-refractivity contribution in [2.75, 3.05) is 46.2 Å². The quantitative estimate of drug-likeness (QED) is 0.281. The summed E-state index contributed by atoms with van der Waals surface area (Å²) < 4.78 is 29.8. The van der Waals surface area contributed by atoms with Crippen molar-refractivity contribution in [2.24, 2.45) is 10.9 Å². The highest BCUT2D eigenvalue weighted by atomic mass is 32.2. The van der Waals surface area contributed by atoms with Gasteiger partial charge in [0.15, 0.2) is 5.96 Å². The molecule has 0 bridgehead atoms. The zero-order valence-electron chi connectivity index (χ0n) is 13.0. The molecule has 0 aliphatic heterocycles. The smallest absolute Gasteiger partial charge is 0.208 e. The highest BCUT2D eigenvalue weighted by Crippen LogP contribution is 2.28. The van der Waals surface area contributed by atoms with Gasteiger partial charge in [-0.1, -0.05) is 0 Å². The van der Waals surface area contributed by atoms with Crippen LogP contribution in [-0.4, -0.2) is 60.5 Å². The molecule has 1 saturated carbocycles. The monoisotopic (exact) mass is 320 g/mol. The summed E-state index contributed by atoms with van der Waals surface area (Å²) in [6.45, 7) is 3.59. The van der Waals surface area contributed by atoms with Crippen LogP contribution >= 0.6 is 0 Å². The first-order valence-corrected chi connectivity index (χ1v) is 9.37. The lowest BCUT2D eigenvalue weighted by atomic mass is 10.4. The topological polar surface area (TPSA) is 91.8 Å². The molecule has 0 unspecified atom stereocenters. The van der Waals surface area contributed by atoms with Crippen molar-refractivity contribution in [3.63, 3.8) is 0 Å². The van der Waals surface area contributed by atoms with Crippen molar-refractivity contribution in [1.29, 1.82) is 0 Å². The zero-order valence-corrected chi connectivity index (χ0v) is 13.8. The van der Waals surface area contributed by atoms with Crippen LogP contribution in [0.2, 0.25) is 0 Å². The number of nitrogens with one attached hydrogen (secondary N) is 3. The Morgan fingerprint density at radius 1 is 1.19 bits per heavy atom. The first kappa shape index (κ1) is 18.2. The summed E-state index contributed by atoms with van der Waals surface area (Å²) in [5.41, 5.74) is 0. The van der Waals surface area contributed by atoms with Crippen LogP contribution in [0, 0.1) is 5.92 Å². The summed E-state index contributed by atoms with van der Waals surface area (Å²) in [7, 11) is -1.38. The fourth-order valence-electron chi connectivity index (χ4n) is 1.69. The van der Waals surface area contributed by atoms with Gasteiger partial charge >= 0.3 is 0 Å². The van der Waals surface area contributed by atoms with E-state index in [1.165, 1.54) is 12.8 Å². The fourth-order valence-corrected chi connectivity index (χ4v) is 2.20. The number of guanidine groups is 1. The lowest BCUT2D eigenvalue weighted by molar-refractivity contribution is 0.123. The predicted octanol–water partition coefficient (Wildman–Crippen LogP) is -0.0926. The maximum atomic E-state index is 10.9. The molecule has 0 atom stereocenters. The van der Waals surface area contributed by atoms with Crippen LogP contribution in [0.4, 0.5) is 0 Å². The number of rotatable bonds is 11. The molecule has 21 heavy (non-hydrogen) atoms. The molecule has 1 fully saturated rings. The van der Waals surface area contributed by atoms with E-state index >= 15 is 0 Å². The van der Waals surface area contributed by atoms with E-state index in [1.807, 2.05) is 0 Å². The molecule has 0 aromatic heterocycles. The molecular weight excluding hydrogens is 292 g/mol. The Balaban J connectivity index is 1.93. The minimum Gasteiger partial charge on any atom is -0.381 e. The number of sulfonamides is 1. The van der Waals surface area contributed by atoms with E-state index < -0.39 is 10.0 Å². The van der Waals surface area contributed by atoms with E-state index in [2.05, 4.69) is 20.3 Å². The Kier molecular flexibility index (Phi) is 8.63. The molecular formula is C13H28N4O3S. The summed E-state index contributed by atoms with van der Waals surface area (Å²) in [5.74, 6) is 1.55. The van der Waals surface area contributed by atoms with Crippen LogP contribution < -0.4 is 15.4 Å². The molecule has 7 nitrogen and oxygen atoms in total. The van der Waals surface area contributed by atoms with E-state index in [4.69, 9.17) is 4.74 Å². The van der Waals surface area contributed by atoms with Crippen LogP contribution in [0.25, 0.3) is 0 Å². The second kappa shape index (κ2) is 9.97. The molecule has 1 rings (SSSR count). The molecule has 0 aromatic carbocycles. The van der Waals surface area contributed by atoms with Crippen LogP contribution in [0.1, 0.15) is 25.7 Å². The molecule has 0 radical (unpaired) electrons. The van der Waals surface area contributed by atoms with Crippen LogP contribution in [0.5, 0.6) is 0 Å². The lowest BCUT2D eigenvalue weighted by Gasteiger charge is -2.12. The van der Waals surface area contributed by atoms with E-state index in [-0.39, 0.29) is 0 Å². The second-order valence-electron chi connectivity index (χ2n) is 5.32. The molecule has 3 N–H and O–H groups in total. The first-order valence-electron chi connectivity index (χ1n) is 7.48. The second-order valence-corrected chi connectivity index (χ2v) is 7.15. The van der Waals surface area contributed by atoms with Gasteiger partial charge in [-0.05, 0) is 31.6 Å². The van der Waals surface area contributed by atoms with Crippen molar-refractivity contribution < 1.29 is 13.2 Å². The van der Waals surface area contributed by atoms with E-state index in [9.17, 15) is 8.42 Å². The SMILES string of the molecule is CN=C(NCCCNS(C)(=O)=O)NCCCOCC1CC1. The minimum absolute atomic E-state index is 0.428. The first-order chi connectivity index (χ1) is 10.0. The third-order valence-corrected chi connectivity index (χ3v) is 3.77. The highest BCUT2D eigenvalue weighted by molar-refractivity contribution is 7.88. The maximum absolute atomic E-state index is 10.9. The normalized spacial score (nSPS) is 16.0. The van der Waals surface area contributed by atoms with Gasteiger partial charge in [-0.15, -0.1) is 0 Å². The number of aliphatic imine (C=N–C) groups is 1. The predicted molar refractivity (Wildman–Crippen MR) is 85.0 cm³/mol. The van der Waals surface area contributed by atoms with Gasteiger partial charge in [0.1, 0.15) is 0 Å². The van der Waals surface area contributed by atoms with E-state index in [1.54, 1.807) is 7.05 Å². The van der Waals surface area contributed by atoms with Crippen molar-refractivity contribution >= 4 is 16.0 Å². The lowest BCUT2D eigenvalue weighted by Crippen LogP contribution is -2.39. The summed E-state index contributed by atoms with van der Waals surface area (Å²) >= 11 is 0. The van der Waals surface area contributed by atoms with Gasteiger partial charge in [0.05, 0.1) is 6.26 Å². The Morgan fingerprint density at radius 2 is 1.86 bits per heavy atom. The standard InChI is InChI=1S/C13H28N4O3S/c1-14-13(15-7-3-9-17-21(2,18)19)16-8-4-10-20-11-12-5-6-12/h12,17H,3-11H2,1-2H3,(H2,14,15,16). The van der Waals surface area contributed by atoms with Crippen LogP contribution in [0.15, 0.2) is 4.99 Å². The summed E-state index contributed by atoms with van der Waals surface area (Å²) in [4.78, 5) is 4.11. The average Bonchev–Trinajstić information content (AvgIpc) is 3.22. The molecule has 124 valence electrons. The number of hydrogen-bond donors (Lipinski definition) is 3. The van der Waals surface area contributed by atoms with Crippen LogP contribution in [-0.2, 0) is 14.8 Å². The van der Waals surface area contributed by atoms with Gasteiger partial charge in [0.25, 0.3) is 0 Å². The molecule has 8 heteroatoms. The van der Waals surface area contributed by atoms with Crippen LogP contribution in [0.3, 0.4) is 0 Å². The van der Waals surface area contributed by atoms with Gasteiger partial charge in [0.2, 0.25) is 10.0 Å². The fraction of sp³-hybridized carbons (Fsp3) is 0.923. The Morgan fingerprint density at radius 3 is 2.43 bits per heavy atom. The van der Waals surface area contributed by atoms with Crippen molar-refractivity contribution in [3.05, 3.63) is 0 Å². The summed E-state index contributed by atoms with van der Waals surface area (Å²) in [6, 6.07) is 0. The van der Waals surface area contributed by atoms with Gasteiger partial charge in [-0.25, -0.2) is 13.1 Å². The van der Waals surface area contributed by atoms with Crippen molar-refractivity contribution in [2.45, 2.75) is 25.7 Å². The van der Waals surface area contributed by atoms with Gasteiger partial charge < -0.3 is 15.4 Å². The number of nitrogens with zero attached hydrogens (tertiary/aromatic N) is 1. The Bertz CT molecular complexity index is 408. The average molecular weight is 320 g/mol. The molecule has 0 aromatic rings. The minimum atomic E-state index is -3.09. The number of ether oxygens (including phenoxy) is 1. The van der Waals surface area contributed by atoms with E-state index in [0.29, 0.717) is 19.5 Å². The molecule has 0 saturated heterocycles. The van der Waals surface area contributed by atoms with E-state index in [0.717, 1.165) is 44.3 Å². The summed E-state index contributed by atoms with van der Waals surface area (Å²) in [6.07, 6.45) is 5.46. The van der Waals surface area contributed by atoms with Gasteiger partial charge in [-0.3, -0.25) is 4.99 Å². The third kappa shape index (κ3) is 11.5. The van der Waals surface area contributed by atoms with Gasteiger partial charge in [-0.2, -0.15) is 0 Å². The molecule has 0 heterocycles. The number of hydrogen-bond acceptors (Lipinski definition) is 4. The Labute approximate surface area is 128 Å². The molecule has 0 amide bonds. The van der Waals surface area contributed by atoms with Gasteiger partial charge in [0, 0.05) is 39.9 Å². The zero-order chi connectivity index (χ0) is 15.6. The Hall–Kier alpha value is -0.860. The largest absolute Gasteiger partial charge is 0.381 e. The maximum Gasteiger partial charge on any atom is 0.208 e.